The van der Waals surface area contributed by atoms with Gasteiger partial charge in [-0.1, -0.05) is 351 Å². The molecule has 0 aromatic heterocycles. The Morgan fingerprint density at radius 2 is 0.602 bits per heavy atom. The van der Waals surface area contributed by atoms with Crippen LogP contribution in [-0.4, -0.2) is 47.4 Å². The van der Waals surface area contributed by atoms with Crippen molar-refractivity contribution in [3.05, 3.63) is 48.6 Å². The van der Waals surface area contributed by atoms with Crippen LogP contribution in [-0.2, 0) is 14.3 Å². The van der Waals surface area contributed by atoms with E-state index in [2.05, 4.69) is 55.6 Å². The number of carbonyl (C=O) groups excluding carboxylic acids is 2. The molecule has 83 heavy (non-hydrogen) atoms. The Balaban J connectivity index is 3.41. The fraction of sp³-hybridized carbons (Fsp3) is 0.870. The molecule has 0 aromatic carbocycles. The van der Waals surface area contributed by atoms with Crippen LogP contribution in [0.15, 0.2) is 48.6 Å². The Morgan fingerprint density at radius 3 is 0.952 bits per heavy atom. The van der Waals surface area contributed by atoms with E-state index in [1.165, 1.54) is 327 Å². The van der Waals surface area contributed by atoms with Gasteiger partial charge in [0, 0.05) is 12.8 Å². The summed E-state index contributed by atoms with van der Waals surface area (Å²) in [4.78, 5) is 24.7. The van der Waals surface area contributed by atoms with Gasteiger partial charge in [-0.2, -0.15) is 0 Å². The van der Waals surface area contributed by atoms with Gasteiger partial charge in [0.15, 0.2) is 0 Å². The number of carbonyl (C=O) groups is 2. The van der Waals surface area contributed by atoms with E-state index in [1.807, 2.05) is 6.08 Å². The minimum Gasteiger partial charge on any atom is -0.466 e. The molecule has 2 atom stereocenters. The van der Waals surface area contributed by atoms with Crippen LogP contribution in [0, 0.1) is 0 Å². The Kier molecular flexibility index (Phi) is 70.4. The Hall–Kier alpha value is -2.18. The highest BCUT2D eigenvalue weighted by atomic mass is 16.5. The number of nitrogens with one attached hydrogen (secondary N) is 1. The fourth-order valence-electron chi connectivity index (χ4n) is 11.6. The summed E-state index contributed by atoms with van der Waals surface area (Å²) in [5.41, 5.74) is 0. The standard InChI is InChI=1S/C77H145NO5/c1-3-5-7-9-11-13-15-17-19-21-23-24-30-34-37-41-45-49-53-57-61-65-69-75(80)74(73-79)78-76(81)70-66-62-58-54-50-46-42-38-35-31-28-26-25-27-29-32-36-40-44-48-52-56-60-64-68-72-83-77(82)71-67-63-59-55-51-47-43-39-33-22-20-18-16-14-12-10-8-6-4-2/h12,14,18,20,26,28,65,69,74-75,79-80H,3-11,13,15-17,19,21-25,27,29-64,66-68,70-73H2,1-2H3,(H,78,81)/b14-12-,20-18-,28-26-,69-65+. The second kappa shape index (κ2) is 72.3. The van der Waals surface area contributed by atoms with E-state index >= 15 is 0 Å². The number of rotatable bonds is 70. The first-order chi connectivity index (χ1) is 41.0. The van der Waals surface area contributed by atoms with Gasteiger partial charge >= 0.3 is 5.97 Å². The highest BCUT2D eigenvalue weighted by Gasteiger charge is 2.18. The zero-order valence-corrected chi connectivity index (χ0v) is 55.9. The van der Waals surface area contributed by atoms with Crippen LogP contribution in [0.4, 0.5) is 0 Å². The van der Waals surface area contributed by atoms with Crippen molar-refractivity contribution < 1.29 is 24.5 Å². The van der Waals surface area contributed by atoms with Crippen molar-refractivity contribution in [2.75, 3.05) is 13.2 Å². The number of hydrogen-bond acceptors (Lipinski definition) is 5. The molecule has 1 amide bonds. The predicted octanol–water partition coefficient (Wildman–Crippen LogP) is 24.4. The molecule has 0 radical (unpaired) electrons. The fourth-order valence-corrected chi connectivity index (χ4v) is 11.6. The Labute approximate surface area is 518 Å². The predicted molar refractivity (Wildman–Crippen MR) is 366 cm³/mol. The second-order valence-corrected chi connectivity index (χ2v) is 25.6. The zero-order valence-electron chi connectivity index (χ0n) is 55.9. The van der Waals surface area contributed by atoms with Crippen LogP contribution in [0.5, 0.6) is 0 Å². The van der Waals surface area contributed by atoms with Gasteiger partial charge < -0.3 is 20.3 Å². The van der Waals surface area contributed by atoms with Crippen molar-refractivity contribution in [2.24, 2.45) is 0 Å². The monoisotopic (exact) mass is 1160 g/mol. The van der Waals surface area contributed by atoms with Gasteiger partial charge in [-0.3, -0.25) is 9.59 Å². The maximum Gasteiger partial charge on any atom is 0.305 e. The Morgan fingerprint density at radius 1 is 0.337 bits per heavy atom. The molecule has 0 bridgehead atoms. The summed E-state index contributed by atoms with van der Waals surface area (Å²) >= 11 is 0. The first-order valence-corrected chi connectivity index (χ1v) is 37.4. The van der Waals surface area contributed by atoms with Gasteiger partial charge in [0.05, 0.1) is 25.4 Å². The normalized spacial score (nSPS) is 12.8. The molecule has 0 saturated heterocycles. The molecular weight excluding hydrogens is 1020 g/mol. The summed E-state index contributed by atoms with van der Waals surface area (Å²) in [6.07, 6.45) is 94.8. The van der Waals surface area contributed by atoms with Crippen molar-refractivity contribution in [3.63, 3.8) is 0 Å². The van der Waals surface area contributed by atoms with Crippen LogP contribution in [0.25, 0.3) is 0 Å². The zero-order chi connectivity index (χ0) is 59.9. The molecule has 0 aliphatic carbocycles. The van der Waals surface area contributed by atoms with Crippen molar-refractivity contribution >= 4 is 11.9 Å². The number of aliphatic hydroxyl groups is 2. The molecular formula is C77H145NO5. The van der Waals surface area contributed by atoms with E-state index in [1.54, 1.807) is 6.08 Å². The lowest BCUT2D eigenvalue weighted by Gasteiger charge is -2.20. The molecule has 3 N–H and O–H groups in total. The highest BCUT2D eigenvalue weighted by molar-refractivity contribution is 5.76. The van der Waals surface area contributed by atoms with Crippen LogP contribution >= 0.6 is 0 Å². The van der Waals surface area contributed by atoms with Gasteiger partial charge in [-0.15, -0.1) is 0 Å². The SMILES string of the molecule is CCCCC/C=C\C/C=C\CCCCCCCCCCCC(=O)OCCCCCCCCCCCCCC/C=C\CCCCCCCCCCCC(=O)NC(CO)C(O)/C=C/CCCCCCCCCCCCCCCCCCCCCC. The number of unbranched alkanes of at least 4 members (excludes halogenated alkanes) is 53. The summed E-state index contributed by atoms with van der Waals surface area (Å²) in [7, 11) is 0. The summed E-state index contributed by atoms with van der Waals surface area (Å²) in [6.45, 7) is 4.91. The lowest BCUT2D eigenvalue weighted by molar-refractivity contribution is -0.143. The molecule has 6 heteroatoms. The molecule has 0 aliphatic heterocycles. The van der Waals surface area contributed by atoms with Gasteiger partial charge in [0.1, 0.15) is 0 Å². The van der Waals surface area contributed by atoms with Crippen molar-refractivity contribution in [1.82, 2.24) is 5.32 Å². The third kappa shape index (κ3) is 68.8. The lowest BCUT2D eigenvalue weighted by atomic mass is 10.0. The van der Waals surface area contributed by atoms with Gasteiger partial charge in [-0.25, -0.2) is 0 Å². The maximum absolute atomic E-state index is 12.5. The molecule has 0 saturated carbocycles. The minimum atomic E-state index is -0.849. The topological polar surface area (TPSA) is 95.9 Å². The third-order valence-corrected chi connectivity index (χ3v) is 17.3. The van der Waals surface area contributed by atoms with E-state index in [0.29, 0.717) is 19.4 Å². The van der Waals surface area contributed by atoms with Gasteiger partial charge in [0.25, 0.3) is 0 Å². The molecule has 0 rings (SSSR count). The van der Waals surface area contributed by atoms with Crippen molar-refractivity contribution in [2.45, 2.75) is 418 Å². The molecule has 0 aliphatic rings. The molecule has 6 nitrogen and oxygen atoms in total. The van der Waals surface area contributed by atoms with E-state index in [0.717, 1.165) is 51.4 Å². The molecule has 0 fully saturated rings. The molecule has 0 aromatic rings. The van der Waals surface area contributed by atoms with E-state index < -0.39 is 12.1 Å². The lowest BCUT2D eigenvalue weighted by Crippen LogP contribution is -2.45. The van der Waals surface area contributed by atoms with E-state index in [-0.39, 0.29) is 18.5 Å². The number of allylic oxidation sites excluding steroid dienone is 7. The number of ether oxygens (including phenoxy) is 1. The first kappa shape index (κ1) is 80.8. The Bertz CT molecular complexity index is 1390. The average Bonchev–Trinajstić information content (AvgIpc) is 3.48. The van der Waals surface area contributed by atoms with Crippen LogP contribution < -0.4 is 5.32 Å². The number of esters is 1. The van der Waals surface area contributed by atoms with E-state index in [4.69, 9.17) is 4.74 Å². The molecule has 0 spiro atoms. The quantitative estimate of drug-likeness (QED) is 0.0320. The molecule has 488 valence electrons. The number of aliphatic hydroxyl groups excluding tert-OH is 2. The van der Waals surface area contributed by atoms with E-state index in [9.17, 15) is 19.8 Å². The summed E-state index contributed by atoms with van der Waals surface area (Å²) in [6, 6.07) is -0.632. The largest absolute Gasteiger partial charge is 0.466 e. The first-order valence-electron chi connectivity index (χ1n) is 37.4. The van der Waals surface area contributed by atoms with Crippen molar-refractivity contribution in [1.29, 1.82) is 0 Å². The second-order valence-electron chi connectivity index (χ2n) is 25.6. The third-order valence-electron chi connectivity index (χ3n) is 17.3. The van der Waals surface area contributed by atoms with Crippen molar-refractivity contribution in [3.8, 4) is 0 Å². The molecule has 2 unspecified atom stereocenters. The maximum atomic E-state index is 12.5. The van der Waals surface area contributed by atoms with Gasteiger partial charge in [0.2, 0.25) is 5.91 Å². The summed E-state index contributed by atoms with van der Waals surface area (Å²) in [5.74, 6) is -0.0578. The van der Waals surface area contributed by atoms with Crippen LogP contribution in [0.3, 0.4) is 0 Å². The van der Waals surface area contributed by atoms with Crippen LogP contribution in [0.2, 0.25) is 0 Å². The number of amides is 1. The highest BCUT2D eigenvalue weighted by Crippen LogP contribution is 2.19. The average molecular weight is 1170 g/mol. The summed E-state index contributed by atoms with van der Waals surface area (Å²) in [5, 5.41) is 23.3. The van der Waals surface area contributed by atoms with Gasteiger partial charge in [-0.05, 0) is 89.9 Å². The summed E-state index contributed by atoms with van der Waals surface area (Å²) < 4.78 is 5.51. The molecule has 0 heterocycles. The number of hydrogen-bond donors (Lipinski definition) is 3. The smallest absolute Gasteiger partial charge is 0.305 e. The van der Waals surface area contributed by atoms with Crippen LogP contribution in [0.1, 0.15) is 406 Å². The minimum absolute atomic E-state index is 0.00971.